The summed E-state index contributed by atoms with van der Waals surface area (Å²) in [6.07, 6.45) is 1.44. The van der Waals surface area contributed by atoms with Gasteiger partial charge in [-0.3, -0.25) is 10.2 Å². The Labute approximate surface area is 193 Å². The molecule has 0 unspecified atom stereocenters. The van der Waals surface area contributed by atoms with Crippen LogP contribution in [-0.4, -0.2) is 37.2 Å². The zero-order valence-corrected chi connectivity index (χ0v) is 19.6. The van der Waals surface area contributed by atoms with E-state index in [-0.39, 0.29) is 17.9 Å². The van der Waals surface area contributed by atoms with Crippen LogP contribution in [0.3, 0.4) is 0 Å². The van der Waals surface area contributed by atoms with Crippen molar-refractivity contribution in [2.45, 2.75) is 45.8 Å². The highest BCUT2D eigenvalue weighted by Crippen LogP contribution is 2.43. The van der Waals surface area contributed by atoms with Gasteiger partial charge in [0.05, 0.1) is 5.71 Å². The molecule has 0 aliphatic carbocycles. The van der Waals surface area contributed by atoms with Crippen LogP contribution in [0.25, 0.3) is 0 Å². The molecule has 1 amide bonds. The summed E-state index contributed by atoms with van der Waals surface area (Å²) in [6.45, 7) is 6.25. The number of hydrogen-bond donors (Lipinski definition) is 2. The molecule has 0 saturated heterocycles. The maximum atomic E-state index is 12.2. The summed E-state index contributed by atoms with van der Waals surface area (Å²) < 4.78 is 12.4. The zero-order valence-electron chi connectivity index (χ0n) is 19.6. The highest BCUT2D eigenvalue weighted by Gasteiger charge is 2.33. The van der Waals surface area contributed by atoms with E-state index in [2.05, 4.69) is 21.8 Å². The molecule has 3 N–H and O–H groups in total. The van der Waals surface area contributed by atoms with Crippen molar-refractivity contribution in [3.63, 3.8) is 0 Å². The Morgan fingerprint density at radius 3 is 2.58 bits per heavy atom. The molecule has 33 heavy (non-hydrogen) atoms. The number of hydrazine groups is 1. The van der Waals surface area contributed by atoms with E-state index in [9.17, 15) is 4.79 Å². The van der Waals surface area contributed by atoms with Crippen molar-refractivity contribution in [2.75, 3.05) is 14.2 Å². The second-order valence-electron chi connectivity index (χ2n) is 8.12. The number of carbonyl (C=O) groups is 1. The summed E-state index contributed by atoms with van der Waals surface area (Å²) >= 11 is 0. The van der Waals surface area contributed by atoms with Gasteiger partial charge in [-0.1, -0.05) is 41.5 Å². The normalized spacial score (nSPS) is 14.8. The number of ether oxygens (including phenoxy) is 2. The maximum Gasteiger partial charge on any atom is 0.287 e. The van der Waals surface area contributed by atoms with E-state index >= 15 is 0 Å². The van der Waals surface area contributed by atoms with Gasteiger partial charge in [-0.2, -0.15) is 0 Å². The first kappa shape index (κ1) is 24.1. The van der Waals surface area contributed by atoms with Crippen LogP contribution in [0.5, 0.6) is 11.5 Å². The fourth-order valence-electron chi connectivity index (χ4n) is 3.79. The van der Waals surface area contributed by atoms with Crippen LogP contribution in [0.2, 0.25) is 0 Å². The first-order valence-corrected chi connectivity index (χ1v) is 10.6. The Morgan fingerprint density at radius 1 is 1.18 bits per heavy atom. The smallest absolute Gasteiger partial charge is 0.287 e. The Bertz CT molecular complexity index is 1080. The molecule has 176 valence electrons. The number of amides is 1. The van der Waals surface area contributed by atoms with Crippen LogP contribution in [0, 0.1) is 0 Å². The highest BCUT2D eigenvalue weighted by molar-refractivity contribution is 6.45. The second kappa shape index (κ2) is 10.4. The van der Waals surface area contributed by atoms with Crippen LogP contribution in [0.4, 0.5) is 0 Å². The first-order chi connectivity index (χ1) is 15.8. The van der Waals surface area contributed by atoms with Gasteiger partial charge in [-0.15, -0.1) is 0 Å². The second-order valence-corrected chi connectivity index (χ2v) is 8.12. The van der Waals surface area contributed by atoms with Gasteiger partial charge in [0, 0.05) is 23.1 Å². The monoisotopic (exact) mass is 454 g/mol. The van der Waals surface area contributed by atoms with E-state index in [0.717, 1.165) is 28.8 Å². The largest absolute Gasteiger partial charge is 0.485 e. The summed E-state index contributed by atoms with van der Waals surface area (Å²) in [6, 6.07) is 11.2. The number of fused-ring (bicyclic) bond motifs is 1. The molecule has 3 rings (SSSR count). The zero-order chi connectivity index (χ0) is 24.0. The molecule has 0 bridgehead atoms. The molecule has 0 atom stereocenters. The molecule has 1 aliphatic rings. The van der Waals surface area contributed by atoms with E-state index in [4.69, 9.17) is 25.0 Å². The third-order valence-electron chi connectivity index (χ3n) is 5.18. The Balaban J connectivity index is 1.99. The minimum absolute atomic E-state index is 0.0519. The van der Waals surface area contributed by atoms with Gasteiger partial charge < -0.3 is 19.1 Å². The molecule has 2 aromatic carbocycles. The van der Waals surface area contributed by atoms with Crippen molar-refractivity contribution in [2.24, 2.45) is 16.2 Å². The molecule has 2 aromatic rings. The molecular formula is C24H30N4O5. The SMILES string of the molecule is CC/C(=N\OC)c1cc2c(c(OCc3ccccc3/C(=N\OC)C(=O)NN)c1)OC(C)(C)C2. The van der Waals surface area contributed by atoms with E-state index in [1.165, 1.54) is 14.2 Å². The molecular weight excluding hydrogens is 424 g/mol. The lowest BCUT2D eigenvalue weighted by Gasteiger charge is -2.19. The highest BCUT2D eigenvalue weighted by atomic mass is 16.6. The van der Waals surface area contributed by atoms with Crippen LogP contribution < -0.4 is 20.7 Å². The number of carbonyl (C=O) groups excluding carboxylic acids is 1. The number of nitrogens with one attached hydrogen (secondary N) is 1. The van der Waals surface area contributed by atoms with E-state index < -0.39 is 5.91 Å². The van der Waals surface area contributed by atoms with Gasteiger partial charge in [0.25, 0.3) is 5.91 Å². The summed E-state index contributed by atoms with van der Waals surface area (Å²) in [7, 11) is 2.89. The third kappa shape index (κ3) is 5.43. The van der Waals surface area contributed by atoms with Gasteiger partial charge in [0.1, 0.15) is 26.4 Å². The lowest BCUT2D eigenvalue weighted by Crippen LogP contribution is -2.37. The minimum atomic E-state index is -0.569. The molecule has 0 spiro atoms. The molecule has 9 heteroatoms. The van der Waals surface area contributed by atoms with Gasteiger partial charge in [-0.05, 0) is 38.0 Å². The van der Waals surface area contributed by atoms with Gasteiger partial charge >= 0.3 is 0 Å². The number of rotatable bonds is 9. The molecule has 0 saturated carbocycles. The predicted octanol–water partition coefficient (Wildman–Crippen LogP) is 3.08. The van der Waals surface area contributed by atoms with E-state index in [1.807, 2.05) is 39.0 Å². The van der Waals surface area contributed by atoms with Crippen molar-refractivity contribution in [1.82, 2.24) is 5.43 Å². The van der Waals surface area contributed by atoms with Crippen molar-refractivity contribution in [3.05, 3.63) is 58.7 Å². The number of nitrogens with two attached hydrogens (primary N) is 1. The molecule has 1 heterocycles. The van der Waals surface area contributed by atoms with Crippen LogP contribution in [0.1, 0.15) is 49.4 Å². The fraction of sp³-hybridized carbons (Fsp3) is 0.375. The number of oxime groups is 2. The summed E-state index contributed by atoms with van der Waals surface area (Å²) in [5, 5.41) is 8.00. The average Bonchev–Trinajstić information content (AvgIpc) is 3.13. The summed E-state index contributed by atoms with van der Waals surface area (Å²) in [5.74, 6) is 6.05. The Hall–Kier alpha value is -3.59. The molecule has 9 nitrogen and oxygen atoms in total. The van der Waals surface area contributed by atoms with Crippen molar-refractivity contribution in [1.29, 1.82) is 0 Å². The van der Waals surface area contributed by atoms with Gasteiger partial charge in [-0.25, -0.2) is 5.84 Å². The lowest BCUT2D eigenvalue weighted by atomic mass is 9.98. The number of hydrogen-bond acceptors (Lipinski definition) is 8. The van der Waals surface area contributed by atoms with E-state index in [1.54, 1.807) is 12.1 Å². The third-order valence-corrected chi connectivity index (χ3v) is 5.18. The predicted molar refractivity (Wildman–Crippen MR) is 125 cm³/mol. The average molecular weight is 455 g/mol. The van der Waals surface area contributed by atoms with Crippen molar-refractivity contribution in [3.8, 4) is 11.5 Å². The number of nitrogens with zero attached hydrogens (tertiary/aromatic N) is 2. The summed E-state index contributed by atoms with van der Waals surface area (Å²) in [5.41, 5.74) is 5.84. The maximum absolute atomic E-state index is 12.2. The lowest BCUT2D eigenvalue weighted by molar-refractivity contribution is -0.114. The van der Waals surface area contributed by atoms with Gasteiger partial charge in [0.2, 0.25) is 0 Å². The summed E-state index contributed by atoms with van der Waals surface area (Å²) in [4.78, 5) is 22.1. The molecule has 1 aliphatic heterocycles. The minimum Gasteiger partial charge on any atom is -0.485 e. The molecule has 0 radical (unpaired) electrons. The Morgan fingerprint density at radius 2 is 1.91 bits per heavy atom. The fourth-order valence-corrected chi connectivity index (χ4v) is 3.79. The van der Waals surface area contributed by atoms with Crippen LogP contribution >= 0.6 is 0 Å². The van der Waals surface area contributed by atoms with Crippen LogP contribution in [0.15, 0.2) is 46.7 Å². The molecule has 0 aromatic heterocycles. The Kier molecular flexibility index (Phi) is 7.55. The quantitative estimate of drug-likeness (QED) is 0.260. The molecule has 0 fully saturated rings. The number of benzene rings is 2. The van der Waals surface area contributed by atoms with Crippen molar-refractivity contribution >= 4 is 17.3 Å². The van der Waals surface area contributed by atoms with Crippen molar-refractivity contribution < 1.29 is 23.9 Å². The topological polar surface area (TPSA) is 117 Å². The standard InChI is InChI=1S/C24H30N4O5/c1-6-19(27-30-4)16-11-17-13-24(2,3)33-22(17)20(12-16)32-14-15-9-7-8-10-18(15)21(28-31-5)23(29)26-25/h7-12H,6,13-14,25H2,1-5H3,(H,26,29)/b27-19+,28-21+. The van der Waals surface area contributed by atoms with Crippen LogP contribution in [-0.2, 0) is 27.5 Å². The first-order valence-electron chi connectivity index (χ1n) is 10.6. The van der Waals surface area contributed by atoms with Gasteiger partial charge in [0.15, 0.2) is 17.2 Å². The van der Waals surface area contributed by atoms with E-state index in [0.29, 0.717) is 23.5 Å².